The lowest BCUT2D eigenvalue weighted by molar-refractivity contribution is -0.144. The summed E-state index contributed by atoms with van der Waals surface area (Å²) < 4.78 is 28.5. The number of carbonyl (C=O) groups is 1. The molecular weight excluding hydrogens is 282 g/mol. The number of benzene rings is 1. The van der Waals surface area contributed by atoms with E-state index in [9.17, 15) is 18.7 Å². The Bertz CT molecular complexity index is 725. The SMILES string of the molecule is Cc1cc(-c2nnnn2CC2(C(=O)O)CC2)c(F)cc1F. The Morgan fingerprint density at radius 1 is 1.38 bits per heavy atom. The van der Waals surface area contributed by atoms with Gasteiger partial charge in [-0.1, -0.05) is 0 Å². The van der Waals surface area contributed by atoms with Crippen molar-refractivity contribution in [3.8, 4) is 11.4 Å². The summed E-state index contributed by atoms with van der Waals surface area (Å²) in [4.78, 5) is 11.2. The second-order valence-electron chi connectivity index (χ2n) is 5.33. The summed E-state index contributed by atoms with van der Waals surface area (Å²) in [5.41, 5.74) is -0.559. The molecule has 0 spiro atoms. The van der Waals surface area contributed by atoms with Gasteiger partial charge in [-0.2, -0.15) is 0 Å². The van der Waals surface area contributed by atoms with Gasteiger partial charge in [0.1, 0.15) is 11.6 Å². The lowest BCUT2D eigenvalue weighted by Gasteiger charge is -2.11. The van der Waals surface area contributed by atoms with Crippen molar-refractivity contribution in [3.63, 3.8) is 0 Å². The Kier molecular flexibility index (Phi) is 2.96. The number of nitrogens with zero attached hydrogens (tertiary/aromatic N) is 4. The third kappa shape index (κ3) is 2.26. The van der Waals surface area contributed by atoms with Crippen molar-refractivity contribution < 1.29 is 18.7 Å². The van der Waals surface area contributed by atoms with Crippen molar-refractivity contribution in [3.05, 3.63) is 29.3 Å². The quantitative estimate of drug-likeness (QED) is 0.929. The molecule has 0 radical (unpaired) electrons. The summed E-state index contributed by atoms with van der Waals surface area (Å²) in [5.74, 6) is -2.25. The highest BCUT2D eigenvalue weighted by Crippen LogP contribution is 2.47. The van der Waals surface area contributed by atoms with Crippen molar-refractivity contribution in [1.29, 1.82) is 0 Å². The molecule has 21 heavy (non-hydrogen) atoms. The first-order chi connectivity index (χ1) is 9.93. The molecule has 1 heterocycles. The molecular formula is C13H12F2N4O2. The van der Waals surface area contributed by atoms with Crippen molar-refractivity contribution in [2.45, 2.75) is 26.3 Å². The van der Waals surface area contributed by atoms with Crippen LogP contribution in [0.2, 0.25) is 0 Å². The molecule has 2 aromatic rings. The molecule has 1 saturated carbocycles. The number of carboxylic acids is 1. The van der Waals surface area contributed by atoms with E-state index in [1.54, 1.807) is 0 Å². The zero-order chi connectivity index (χ0) is 15.2. The number of rotatable bonds is 4. The van der Waals surface area contributed by atoms with Crippen LogP contribution < -0.4 is 0 Å². The summed E-state index contributed by atoms with van der Waals surface area (Å²) in [7, 11) is 0. The van der Waals surface area contributed by atoms with E-state index < -0.39 is 23.0 Å². The summed E-state index contributed by atoms with van der Waals surface area (Å²) in [6.45, 7) is 1.58. The largest absolute Gasteiger partial charge is 0.481 e. The third-order valence-electron chi connectivity index (χ3n) is 3.78. The molecule has 6 nitrogen and oxygen atoms in total. The van der Waals surface area contributed by atoms with Gasteiger partial charge in [0.05, 0.1) is 17.5 Å². The van der Waals surface area contributed by atoms with Crippen molar-refractivity contribution in [2.75, 3.05) is 0 Å². The lowest BCUT2D eigenvalue weighted by Crippen LogP contribution is -2.22. The molecule has 0 saturated heterocycles. The second kappa shape index (κ2) is 4.57. The molecule has 0 aliphatic heterocycles. The van der Waals surface area contributed by atoms with Crippen LogP contribution in [-0.2, 0) is 11.3 Å². The minimum Gasteiger partial charge on any atom is -0.481 e. The summed E-state index contributed by atoms with van der Waals surface area (Å²) in [5, 5.41) is 20.1. The summed E-state index contributed by atoms with van der Waals surface area (Å²) >= 11 is 0. The van der Waals surface area contributed by atoms with Crippen LogP contribution in [-0.4, -0.2) is 31.3 Å². The first-order valence-corrected chi connectivity index (χ1v) is 6.38. The van der Waals surface area contributed by atoms with E-state index >= 15 is 0 Å². The van der Waals surface area contributed by atoms with Gasteiger partial charge in [-0.05, 0) is 41.8 Å². The van der Waals surface area contributed by atoms with E-state index in [0.29, 0.717) is 12.8 Å². The average Bonchev–Trinajstić information content (AvgIpc) is 3.06. The maximum Gasteiger partial charge on any atom is 0.311 e. The zero-order valence-electron chi connectivity index (χ0n) is 11.2. The number of aryl methyl sites for hydroxylation is 1. The van der Waals surface area contributed by atoms with Crippen molar-refractivity contribution in [2.24, 2.45) is 5.41 Å². The smallest absolute Gasteiger partial charge is 0.311 e. The fourth-order valence-corrected chi connectivity index (χ4v) is 2.21. The minimum atomic E-state index is -0.917. The zero-order valence-corrected chi connectivity index (χ0v) is 11.2. The van der Waals surface area contributed by atoms with Crippen molar-refractivity contribution in [1.82, 2.24) is 20.2 Å². The molecule has 1 fully saturated rings. The fourth-order valence-electron chi connectivity index (χ4n) is 2.21. The topological polar surface area (TPSA) is 80.9 Å². The van der Waals surface area contributed by atoms with E-state index in [1.807, 2.05) is 0 Å². The molecule has 1 aromatic carbocycles. The molecule has 0 amide bonds. The molecule has 110 valence electrons. The molecule has 0 bridgehead atoms. The second-order valence-corrected chi connectivity index (χ2v) is 5.33. The van der Waals surface area contributed by atoms with Gasteiger partial charge in [0.15, 0.2) is 5.82 Å². The number of halogens is 2. The first kappa shape index (κ1) is 13.6. The van der Waals surface area contributed by atoms with Crippen LogP contribution in [0, 0.1) is 24.0 Å². The Balaban J connectivity index is 2.00. The molecule has 0 atom stereocenters. The van der Waals surface area contributed by atoms with Crippen LogP contribution >= 0.6 is 0 Å². The van der Waals surface area contributed by atoms with E-state index in [0.717, 1.165) is 6.07 Å². The lowest BCUT2D eigenvalue weighted by atomic mass is 10.1. The number of aromatic nitrogens is 4. The Morgan fingerprint density at radius 3 is 2.71 bits per heavy atom. The molecule has 0 unspecified atom stereocenters. The fraction of sp³-hybridized carbons (Fsp3) is 0.385. The van der Waals surface area contributed by atoms with E-state index in [2.05, 4.69) is 15.5 Å². The van der Waals surface area contributed by atoms with Crippen LogP contribution in [0.3, 0.4) is 0 Å². The molecule has 1 N–H and O–H groups in total. The van der Waals surface area contributed by atoms with Gasteiger partial charge in [-0.25, -0.2) is 13.5 Å². The highest BCUT2D eigenvalue weighted by atomic mass is 19.1. The highest BCUT2D eigenvalue weighted by Gasteiger charge is 2.51. The van der Waals surface area contributed by atoms with Crippen LogP contribution in [0.1, 0.15) is 18.4 Å². The molecule has 8 heteroatoms. The normalized spacial score (nSPS) is 16.0. The Hall–Kier alpha value is -2.38. The Labute approximate surface area is 118 Å². The van der Waals surface area contributed by atoms with Gasteiger partial charge in [-0.15, -0.1) is 5.10 Å². The van der Waals surface area contributed by atoms with Gasteiger partial charge in [0, 0.05) is 6.07 Å². The number of carboxylic acid groups (broad SMARTS) is 1. The number of hydrogen-bond donors (Lipinski definition) is 1. The number of tetrazole rings is 1. The molecule has 3 rings (SSSR count). The third-order valence-corrected chi connectivity index (χ3v) is 3.78. The summed E-state index contributed by atoms with van der Waals surface area (Å²) in [6, 6.07) is 2.08. The van der Waals surface area contributed by atoms with Crippen LogP contribution in [0.15, 0.2) is 12.1 Å². The predicted octanol–water partition coefficient (Wildman–Crippen LogP) is 1.79. The standard InChI is InChI=1S/C13H12F2N4O2/c1-7-4-8(10(15)5-9(7)14)11-16-17-18-19(11)6-13(2-3-13)12(20)21/h4-5H,2-3,6H2,1H3,(H,20,21). The van der Waals surface area contributed by atoms with Crippen LogP contribution in [0.5, 0.6) is 0 Å². The molecule has 1 aliphatic carbocycles. The highest BCUT2D eigenvalue weighted by molar-refractivity contribution is 5.77. The monoisotopic (exact) mass is 294 g/mol. The summed E-state index contributed by atoms with van der Waals surface area (Å²) in [6.07, 6.45) is 1.07. The van der Waals surface area contributed by atoms with E-state index in [1.165, 1.54) is 17.7 Å². The average molecular weight is 294 g/mol. The van der Waals surface area contributed by atoms with Crippen LogP contribution in [0.4, 0.5) is 8.78 Å². The van der Waals surface area contributed by atoms with Crippen molar-refractivity contribution >= 4 is 5.97 Å². The van der Waals surface area contributed by atoms with Crippen LogP contribution in [0.25, 0.3) is 11.4 Å². The van der Waals surface area contributed by atoms with Gasteiger partial charge in [0.2, 0.25) is 0 Å². The van der Waals surface area contributed by atoms with E-state index in [4.69, 9.17) is 0 Å². The number of hydrogen-bond acceptors (Lipinski definition) is 4. The molecule has 1 aliphatic rings. The van der Waals surface area contributed by atoms with Gasteiger partial charge < -0.3 is 5.11 Å². The van der Waals surface area contributed by atoms with Gasteiger partial charge in [-0.3, -0.25) is 4.79 Å². The predicted molar refractivity (Wildman–Crippen MR) is 67.2 cm³/mol. The van der Waals surface area contributed by atoms with E-state index in [-0.39, 0.29) is 23.5 Å². The minimum absolute atomic E-state index is 0.0556. The molecule has 1 aromatic heterocycles. The first-order valence-electron chi connectivity index (χ1n) is 6.38. The van der Waals surface area contributed by atoms with Gasteiger partial charge >= 0.3 is 5.97 Å². The maximum absolute atomic E-state index is 13.9. The maximum atomic E-state index is 13.9. The number of aliphatic carboxylic acids is 1. The van der Waals surface area contributed by atoms with Gasteiger partial charge in [0.25, 0.3) is 0 Å². The Morgan fingerprint density at radius 2 is 2.10 bits per heavy atom.